The third-order valence-corrected chi connectivity index (χ3v) is 2.50. The van der Waals surface area contributed by atoms with Crippen LogP contribution in [0.1, 0.15) is 13.8 Å². The lowest BCUT2D eigenvalue weighted by Crippen LogP contribution is -2.38. The molecule has 0 saturated carbocycles. The van der Waals surface area contributed by atoms with Crippen molar-refractivity contribution in [1.82, 2.24) is 4.90 Å². The normalized spacial score (nSPS) is 16.2. The highest BCUT2D eigenvalue weighted by molar-refractivity contribution is 7.94. The fraction of sp³-hybridized carbons (Fsp3) is 1.00. The van der Waals surface area contributed by atoms with E-state index in [4.69, 9.17) is 0 Å². The van der Waals surface area contributed by atoms with E-state index in [1.807, 2.05) is 18.9 Å². The second-order valence-electron chi connectivity index (χ2n) is 2.92. The number of rotatable bonds is 7. The maximum absolute atomic E-state index is 9.42. The summed E-state index contributed by atoms with van der Waals surface area (Å²) in [5.74, 6) is 0.621. The van der Waals surface area contributed by atoms with E-state index in [9.17, 15) is 10.4 Å². The Balaban J connectivity index is 3.44. The molecule has 0 spiro atoms. The van der Waals surface area contributed by atoms with Crippen molar-refractivity contribution in [3.63, 3.8) is 0 Å². The van der Waals surface area contributed by atoms with Crippen LogP contribution in [-0.4, -0.2) is 41.5 Å². The first-order chi connectivity index (χ1) is 6.09. The average molecular weight is 210 g/mol. The summed E-state index contributed by atoms with van der Waals surface area (Å²) in [6.07, 6.45) is -0.369. The number of hydrogen-bond donors (Lipinski definition) is 1. The molecule has 0 aromatic rings. The molecule has 5 nitrogen and oxygen atoms in total. The van der Waals surface area contributed by atoms with Crippen LogP contribution in [0.3, 0.4) is 0 Å². The van der Waals surface area contributed by atoms with Gasteiger partial charge in [-0.1, -0.05) is 0 Å². The van der Waals surface area contributed by atoms with Crippen LogP contribution in [-0.2, 0) is 9.37 Å². The first-order valence-corrected chi connectivity index (χ1v) is 4.97. The van der Waals surface area contributed by atoms with Crippen LogP contribution >= 0.6 is 12.0 Å². The lowest BCUT2D eigenvalue weighted by atomic mass is 10.2. The van der Waals surface area contributed by atoms with Gasteiger partial charge in [-0.15, -0.1) is 0 Å². The Bertz CT molecular complexity index is 125. The Hall–Kier alpha value is 0.150. The zero-order valence-corrected chi connectivity index (χ0v) is 8.91. The molecule has 0 aromatic heterocycles. The maximum Gasteiger partial charge on any atom is 0.0664 e. The highest BCUT2D eigenvalue weighted by Crippen LogP contribution is 2.05. The molecule has 0 saturated heterocycles. The molecule has 0 aliphatic rings. The van der Waals surface area contributed by atoms with Crippen molar-refractivity contribution in [1.29, 1.82) is 0 Å². The van der Waals surface area contributed by atoms with Gasteiger partial charge in [-0.05, 0) is 20.9 Å². The highest BCUT2D eigenvalue weighted by atomic mass is 32.2. The number of aliphatic hydroxyl groups is 1. The first-order valence-electron chi connectivity index (χ1n) is 4.06. The van der Waals surface area contributed by atoms with Crippen molar-refractivity contribution in [3.8, 4) is 0 Å². The summed E-state index contributed by atoms with van der Waals surface area (Å²) in [5.41, 5.74) is 0. The van der Waals surface area contributed by atoms with E-state index in [0.717, 1.165) is 18.6 Å². The summed E-state index contributed by atoms with van der Waals surface area (Å²) in [6.45, 7) is 4.39. The summed E-state index contributed by atoms with van der Waals surface area (Å²) >= 11 is 0.953. The molecule has 0 amide bonds. The molecule has 80 valence electrons. The zero-order valence-electron chi connectivity index (χ0n) is 8.10. The smallest absolute Gasteiger partial charge is 0.0664 e. The van der Waals surface area contributed by atoms with E-state index >= 15 is 0 Å². The minimum absolute atomic E-state index is 0.0915. The molecule has 2 unspecified atom stereocenters. The van der Waals surface area contributed by atoms with Crippen molar-refractivity contribution in [3.05, 3.63) is 0 Å². The Morgan fingerprint density at radius 1 is 1.54 bits per heavy atom. The van der Waals surface area contributed by atoms with E-state index in [-0.39, 0.29) is 12.1 Å². The standard InChI is InChI=1S/C7H17NO4S/c1-6(7(2)9)8(3)4-5-13-12-11-10/h6-7,9-10H,4-5H2,1-3H3/p-1. The van der Waals surface area contributed by atoms with Gasteiger partial charge >= 0.3 is 0 Å². The first kappa shape index (κ1) is 13.2. The molecule has 0 heterocycles. The van der Waals surface area contributed by atoms with Crippen molar-refractivity contribution < 1.29 is 19.7 Å². The summed E-state index contributed by atoms with van der Waals surface area (Å²) in [4.78, 5) is 1.98. The SMILES string of the molecule is CC(O)C(C)N(C)CCSOO[O-]. The van der Waals surface area contributed by atoms with Crippen LogP contribution in [0.15, 0.2) is 0 Å². The van der Waals surface area contributed by atoms with Gasteiger partial charge in [-0.3, -0.25) is 5.04 Å². The molecular formula is C7H16NO4S-. The van der Waals surface area contributed by atoms with Gasteiger partial charge in [0.15, 0.2) is 0 Å². The van der Waals surface area contributed by atoms with Crippen molar-refractivity contribution in [2.75, 3.05) is 19.3 Å². The molecule has 1 N–H and O–H groups in total. The Labute approximate surface area is 82.7 Å². The van der Waals surface area contributed by atoms with Crippen LogP contribution in [0.25, 0.3) is 0 Å². The minimum Gasteiger partial charge on any atom is -0.691 e. The number of hydrogen-bond acceptors (Lipinski definition) is 6. The molecule has 13 heavy (non-hydrogen) atoms. The van der Waals surface area contributed by atoms with Gasteiger partial charge in [0, 0.05) is 30.4 Å². The fourth-order valence-electron chi connectivity index (χ4n) is 0.807. The van der Waals surface area contributed by atoms with E-state index in [1.54, 1.807) is 6.92 Å². The highest BCUT2D eigenvalue weighted by Gasteiger charge is 2.13. The summed E-state index contributed by atoms with van der Waals surface area (Å²) in [7, 11) is 1.90. The lowest BCUT2D eigenvalue weighted by molar-refractivity contribution is -0.777. The number of nitrogens with zero attached hydrogens (tertiary/aromatic N) is 1. The monoisotopic (exact) mass is 210 g/mol. The van der Waals surface area contributed by atoms with Crippen LogP contribution in [0.5, 0.6) is 0 Å². The Morgan fingerprint density at radius 3 is 2.62 bits per heavy atom. The quantitative estimate of drug-likeness (QED) is 0.266. The van der Waals surface area contributed by atoms with Gasteiger partial charge in [-0.2, -0.15) is 4.33 Å². The van der Waals surface area contributed by atoms with Gasteiger partial charge in [0.05, 0.1) is 6.10 Å². The lowest BCUT2D eigenvalue weighted by Gasteiger charge is -2.26. The largest absolute Gasteiger partial charge is 0.691 e. The molecule has 0 aliphatic heterocycles. The van der Waals surface area contributed by atoms with Gasteiger partial charge in [0.25, 0.3) is 0 Å². The van der Waals surface area contributed by atoms with E-state index < -0.39 is 0 Å². The van der Waals surface area contributed by atoms with Crippen LogP contribution < -0.4 is 5.26 Å². The van der Waals surface area contributed by atoms with E-state index in [2.05, 4.69) is 9.37 Å². The van der Waals surface area contributed by atoms with Gasteiger partial charge < -0.3 is 15.3 Å². The van der Waals surface area contributed by atoms with Gasteiger partial charge in [0.2, 0.25) is 0 Å². The second kappa shape index (κ2) is 7.54. The Kier molecular flexibility index (Phi) is 7.63. The van der Waals surface area contributed by atoms with Crippen LogP contribution in [0.2, 0.25) is 0 Å². The molecule has 0 fully saturated rings. The third-order valence-electron chi connectivity index (χ3n) is 2.00. The number of aliphatic hydroxyl groups excluding tert-OH is 1. The van der Waals surface area contributed by atoms with Crippen LogP contribution in [0.4, 0.5) is 0 Å². The summed E-state index contributed by atoms with van der Waals surface area (Å²) in [6, 6.07) is 0.0915. The maximum atomic E-state index is 9.42. The second-order valence-corrected chi connectivity index (χ2v) is 3.70. The predicted octanol–water partition coefficient (Wildman–Crippen LogP) is -0.441. The molecule has 2 atom stereocenters. The van der Waals surface area contributed by atoms with Gasteiger partial charge in [0.1, 0.15) is 0 Å². The topological polar surface area (TPSA) is 65.0 Å². The molecule has 0 rings (SSSR count). The molecule has 0 bridgehead atoms. The van der Waals surface area contributed by atoms with E-state index in [1.165, 1.54) is 0 Å². The third kappa shape index (κ3) is 6.25. The zero-order chi connectivity index (χ0) is 10.3. The molecule has 0 radical (unpaired) electrons. The van der Waals surface area contributed by atoms with E-state index in [0.29, 0.717) is 5.75 Å². The summed E-state index contributed by atoms with van der Waals surface area (Å²) < 4.78 is 4.10. The Morgan fingerprint density at radius 2 is 2.15 bits per heavy atom. The van der Waals surface area contributed by atoms with Gasteiger partial charge in [-0.25, -0.2) is 0 Å². The molecular weight excluding hydrogens is 194 g/mol. The van der Waals surface area contributed by atoms with Crippen LogP contribution in [0, 0.1) is 0 Å². The fourth-order valence-corrected chi connectivity index (χ4v) is 1.28. The predicted molar refractivity (Wildman–Crippen MR) is 48.4 cm³/mol. The molecule has 0 aromatic carbocycles. The van der Waals surface area contributed by atoms with Crippen molar-refractivity contribution in [2.45, 2.75) is 26.0 Å². The van der Waals surface area contributed by atoms with Crippen molar-refractivity contribution >= 4 is 12.0 Å². The minimum atomic E-state index is -0.369. The molecule has 0 aliphatic carbocycles. The van der Waals surface area contributed by atoms with Crippen molar-refractivity contribution in [2.24, 2.45) is 0 Å². The average Bonchev–Trinajstić information content (AvgIpc) is 2.10. The molecule has 6 heteroatoms. The number of likely N-dealkylation sites (N-methyl/N-ethyl adjacent to an activating group) is 1. The summed E-state index contributed by atoms with van der Waals surface area (Å²) in [5, 5.41) is 21.8.